The van der Waals surface area contributed by atoms with Crippen molar-refractivity contribution in [2.24, 2.45) is 0 Å². The Hall–Kier alpha value is -0.420. The Morgan fingerprint density at radius 3 is 2.89 bits per heavy atom. The van der Waals surface area contributed by atoms with E-state index in [4.69, 9.17) is 4.74 Å². The Balaban J connectivity index is 1.48. The number of piperidine rings is 1. The zero-order valence-corrected chi connectivity index (χ0v) is 12.8. The van der Waals surface area contributed by atoms with E-state index in [1.54, 1.807) is 0 Å². The number of ether oxygens (including phenoxy) is 1. The van der Waals surface area contributed by atoms with E-state index in [0.717, 1.165) is 26.1 Å². The molecule has 2 heterocycles. The zero-order valence-electron chi connectivity index (χ0n) is 11.9. The van der Waals surface area contributed by atoms with Gasteiger partial charge < -0.3 is 15.0 Å². The van der Waals surface area contributed by atoms with Gasteiger partial charge in [0.25, 0.3) is 0 Å². The molecule has 19 heavy (non-hydrogen) atoms. The Morgan fingerprint density at radius 2 is 2.21 bits per heavy atom. The summed E-state index contributed by atoms with van der Waals surface area (Å²) >= 11 is 1.85. The van der Waals surface area contributed by atoms with Crippen molar-refractivity contribution in [3.63, 3.8) is 0 Å². The maximum atomic E-state index is 5.67. The van der Waals surface area contributed by atoms with Crippen molar-refractivity contribution in [2.45, 2.75) is 32.3 Å². The molecule has 0 aromatic carbocycles. The number of hydrogen-bond acceptors (Lipinski definition) is 4. The van der Waals surface area contributed by atoms with E-state index >= 15 is 0 Å². The SMILES string of the molecule is CCOC1CCN(CCNCCc2cccs2)CC1. The lowest BCUT2D eigenvalue weighted by Gasteiger charge is -2.31. The fourth-order valence-electron chi connectivity index (χ4n) is 2.56. The molecule has 1 aliphatic rings. The van der Waals surface area contributed by atoms with Crippen LogP contribution in [-0.2, 0) is 11.2 Å². The monoisotopic (exact) mass is 282 g/mol. The van der Waals surface area contributed by atoms with Crippen LogP contribution in [0.25, 0.3) is 0 Å². The Kier molecular flexibility index (Phi) is 6.85. The van der Waals surface area contributed by atoms with Crippen molar-refractivity contribution < 1.29 is 4.74 Å². The van der Waals surface area contributed by atoms with Crippen LogP contribution in [-0.4, -0.2) is 50.3 Å². The van der Waals surface area contributed by atoms with Gasteiger partial charge in [-0.2, -0.15) is 0 Å². The lowest BCUT2D eigenvalue weighted by Crippen LogP contribution is -2.40. The highest BCUT2D eigenvalue weighted by atomic mass is 32.1. The van der Waals surface area contributed by atoms with E-state index in [-0.39, 0.29) is 0 Å². The van der Waals surface area contributed by atoms with Crippen molar-refractivity contribution in [3.8, 4) is 0 Å². The predicted octanol–water partition coefficient (Wildman–Crippen LogP) is 2.38. The van der Waals surface area contributed by atoms with Crippen LogP contribution in [0.2, 0.25) is 0 Å². The average Bonchev–Trinajstić information content (AvgIpc) is 2.94. The van der Waals surface area contributed by atoms with Crippen molar-refractivity contribution >= 4 is 11.3 Å². The molecule has 1 saturated heterocycles. The van der Waals surface area contributed by atoms with E-state index in [1.165, 1.54) is 37.4 Å². The van der Waals surface area contributed by atoms with Crippen LogP contribution < -0.4 is 5.32 Å². The summed E-state index contributed by atoms with van der Waals surface area (Å²) in [6.45, 7) is 8.69. The van der Waals surface area contributed by atoms with E-state index in [1.807, 2.05) is 11.3 Å². The fourth-order valence-corrected chi connectivity index (χ4v) is 3.27. The van der Waals surface area contributed by atoms with Gasteiger partial charge in [-0.1, -0.05) is 6.07 Å². The lowest BCUT2D eigenvalue weighted by atomic mass is 10.1. The lowest BCUT2D eigenvalue weighted by molar-refractivity contribution is 0.0146. The van der Waals surface area contributed by atoms with E-state index in [2.05, 4.69) is 34.7 Å². The van der Waals surface area contributed by atoms with Crippen molar-refractivity contribution in [1.29, 1.82) is 0 Å². The third-order valence-corrected chi connectivity index (χ3v) is 4.61. The summed E-state index contributed by atoms with van der Waals surface area (Å²) in [5.74, 6) is 0. The molecule has 1 aromatic rings. The first-order valence-electron chi connectivity index (χ1n) is 7.45. The molecular weight excluding hydrogens is 256 g/mol. The van der Waals surface area contributed by atoms with Crippen LogP contribution >= 0.6 is 11.3 Å². The first kappa shape index (κ1) is 15.0. The third kappa shape index (κ3) is 5.61. The number of thiophene rings is 1. The molecule has 0 aliphatic carbocycles. The van der Waals surface area contributed by atoms with E-state index in [9.17, 15) is 0 Å². The maximum Gasteiger partial charge on any atom is 0.0599 e. The van der Waals surface area contributed by atoms with Gasteiger partial charge in [0.15, 0.2) is 0 Å². The van der Waals surface area contributed by atoms with Crippen LogP contribution in [0.15, 0.2) is 17.5 Å². The van der Waals surface area contributed by atoms with Crippen LogP contribution in [0.4, 0.5) is 0 Å². The van der Waals surface area contributed by atoms with Gasteiger partial charge in [-0.15, -0.1) is 11.3 Å². The molecule has 4 heteroatoms. The van der Waals surface area contributed by atoms with E-state index in [0.29, 0.717) is 6.10 Å². The van der Waals surface area contributed by atoms with Crippen LogP contribution in [0.5, 0.6) is 0 Å². The number of rotatable bonds is 8. The molecule has 1 aliphatic heterocycles. The molecule has 1 fully saturated rings. The number of nitrogens with one attached hydrogen (secondary N) is 1. The normalized spacial score (nSPS) is 17.9. The van der Waals surface area contributed by atoms with Gasteiger partial charge in [0.05, 0.1) is 6.10 Å². The first-order chi connectivity index (χ1) is 9.38. The van der Waals surface area contributed by atoms with Crippen LogP contribution in [0.1, 0.15) is 24.6 Å². The van der Waals surface area contributed by atoms with Crippen LogP contribution in [0.3, 0.4) is 0 Å². The molecule has 0 amide bonds. The van der Waals surface area contributed by atoms with Crippen LogP contribution in [0, 0.1) is 0 Å². The van der Waals surface area contributed by atoms with Crippen molar-refractivity contribution in [1.82, 2.24) is 10.2 Å². The Morgan fingerprint density at radius 1 is 1.37 bits per heavy atom. The minimum absolute atomic E-state index is 0.507. The van der Waals surface area contributed by atoms with Gasteiger partial charge >= 0.3 is 0 Å². The second kappa shape index (κ2) is 8.69. The largest absolute Gasteiger partial charge is 0.378 e. The molecule has 1 N–H and O–H groups in total. The van der Waals surface area contributed by atoms with Gasteiger partial charge in [0, 0.05) is 44.2 Å². The summed E-state index contributed by atoms with van der Waals surface area (Å²) in [7, 11) is 0. The molecule has 108 valence electrons. The van der Waals surface area contributed by atoms with Gasteiger partial charge in [-0.25, -0.2) is 0 Å². The summed E-state index contributed by atoms with van der Waals surface area (Å²) in [6, 6.07) is 4.34. The topological polar surface area (TPSA) is 24.5 Å². The summed E-state index contributed by atoms with van der Waals surface area (Å²) in [4.78, 5) is 4.03. The van der Waals surface area contributed by atoms with E-state index < -0.39 is 0 Å². The average molecular weight is 282 g/mol. The molecule has 0 spiro atoms. The fraction of sp³-hybridized carbons (Fsp3) is 0.733. The van der Waals surface area contributed by atoms with Crippen molar-refractivity contribution in [3.05, 3.63) is 22.4 Å². The predicted molar refractivity (Wildman–Crippen MR) is 82.0 cm³/mol. The maximum absolute atomic E-state index is 5.67. The second-order valence-corrected chi connectivity index (χ2v) is 6.11. The highest BCUT2D eigenvalue weighted by molar-refractivity contribution is 7.09. The molecule has 1 aromatic heterocycles. The first-order valence-corrected chi connectivity index (χ1v) is 8.33. The quantitative estimate of drug-likeness (QED) is 0.741. The molecule has 2 rings (SSSR count). The van der Waals surface area contributed by atoms with Gasteiger partial charge in [0.2, 0.25) is 0 Å². The number of likely N-dealkylation sites (tertiary alicyclic amines) is 1. The highest BCUT2D eigenvalue weighted by Gasteiger charge is 2.18. The van der Waals surface area contributed by atoms with Crippen molar-refractivity contribution in [2.75, 3.05) is 39.3 Å². The Labute approximate surface area is 121 Å². The summed E-state index contributed by atoms with van der Waals surface area (Å²) in [6.07, 6.45) is 4.06. The second-order valence-electron chi connectivity index (χ2n) is 5.08. The number of hydrogen-bond donors (Lipinski definition) is 1. The number of nitrogens with zero attached hydrogens (tertiary/aromatic N) is 1. The molecule has 0 atom stereocenters. The Bertz CT molecular complexity index is 321. The summed E-state index contributed by atoms with van der Waals surface area (Å²) in [5.41, 5.74) is 0. The minimum atomic E-state index is 0.507. The summed E-state index contributed by atoms with van der Waals surface area (Å²) < 4.78 is 5.67. The molecule has 3 nitrogen and oxygen atoms in total. The molecular formula is C15H26N2OS. The summed E-state index contributed by atoms with van der Waals surface area (Å²) in [5, 5.41) is 5.69. The molecule has 0 saturated carbocycles. The standard InChI is InChI=1S/C15H26N2OS/c1-2-18-14-6-10-17(11-7-14)12-9-16-8-5-15-4-3-13-19-15/h3-4,13-14,16H,2,5-12H2,1H3. The van der Waals surface area contributed by atoms with Gasteiger partial charge in [-0.3, -0.25) is 0 Å². The van der Waals surface area contributed by atoms with Gasteiger partial charge in [-0.05, 0) is 37.6 Å². The molecule has 0 radical (unpaired) electrons. The third-order valence-electron chi connectivity index (χ3n) is 3.67. The molecule has 0 bridgehead atoms. The smallest absolute Gasteiger partial charge is 0.0599 e. The zero-order chi connectivity index (χ0) is 13.3. The minimum Gasteiger partial charge on any atom is -0.378 e. The highest BCUT2D eigenvalue weighted by Crippen LogP contribution is 2.13. The van der Waals surface area contributed by atoms with Gasteiger partial charge in [0.1, 0.15) is 0 Å². The molecule has 0 unspecified atom stereocenters.